The fraction of sp³-hybridized carbons (Fsp3) is 1.00. The van der Waals surface area contributed by atoms with Gasteiger partial charge in [-0.1, -0.05) is 0 Å². The minimum absolute atomic E-state index is 0.0282. The third-order valence-electron chi connectivity index (χ3n) is 1.54. The number of nitrogens with zero attached hydrogens (tertiary/aromatic N) is 1. The lowest BCUT2D eigenvalue weighted by Gasteiger charge is -2.23. The van der Waals surface area contributed by atoms with Gasteiger partial charge in [-0.15, -0.1) is 0 Å². The molecule has 0 radical (unpaired) electrons. The van der Waals surface area contributed by atoms with Crippen LogP contribution in [0.1, 0.15) is 13.8 Å². The van der Waals surface area contributed by atoms with Crippen LogP contribution in [0, 0.1) is 0 Å². The molecule has 0 spiro atoms. The summed E-state index contributed by atoms with van der Waals surface area (Å²) in [5, 5.41) is 1.67. The van der Waals surface area contributed by atoms with Crippen molar-refractivity contribution in [3.63, 3.8) is 0 Å². The van der Waals surface area contributed by atoms with Gasteiger partial charge < -0.3 is 4.74 Å². The van der Waals surface area contributed by atoms with E-state index in [1.54, 1.807) is 12.1 Å². The first-order chi connectivity index (χ1) is 6.22. The van der Waals surface area contributed by atoms with E-state index >= 15 is 0 Å². The SMILES string of the molecule is CCOC(C)N(C)OCCONC. The van der Waals surface area contributed by atoms with Crippen molar-refractivity contribution in [3.8, 4) is 0 Å². The van der Waals surface area contributed by atoms with Crippen molar-refractivity contribution >= 4 is 0 Å². The number of hydrogen-bond donors (Lipinski definition) is 1. The van der Waals surface area contributed by atoms with Crippen LogP contribution in [-0.4, -0.2) is 45.2 Å². The summed E-state index contributed by atoms with van der Waals surface area (Å²) in [7, 11) is 3.55. The molecule has 0 fully saturated rings. The molecule has 1 N–H and O–H groups in total. The van der Waals surface area contributed by atoms with Gasteiger partial charge in [-0.2, -0.15) is 5.06 Å². The Labute approximate surface area is 79.9 Å². The zero-order valence-corrected chi connectivity index (χ0v) is 8.87. The Balaban J connectivity index is 3.32. The van der Waals surface area contributed by atoms with Gasteiger partial charge in [0.05, 0.1) is 13.2 Å². The molecule has 0 heterocycles. The van der Waals surface area contributed by atoms with Crippen molar-refractivity contribution in [1.82, 2.24) is 10.5 Å². The number of nitrogens with one attached hydrogen (secondary N) is 1. The minimum atomic E-state index is -0.0282. The lowest BCUT2D eigenvalue weighted by molar-refractivity contribution is -0.237. The zero-order valence-electron chi connectivity index (χ0n) is 8.87. The fourth-order valence-corrected chi connectivity index (χ4v) is 0.776. The van der Waals surface area contributed by atoms with Crippen molar-refractivity contribution in [2.24, 2.45) is 0 Å². The number of ether oxygens (including phenoxy) is 1. The molecule has 0 bridgehead atoms. The summed E-state index contributed by atoms with van der Waals surface area (Å²) < 4.78 is 5.31. The van der Waals surface area contributed by atoms with Crippen LogP contribution in [-0.2, 0) is 14.4 Å². The average Bonchev–Trinajstić information content (AvgIpc) is 2.12. The smallest absolute Gasteiger partial charge is 0.129 e. The van der Waals surface area contributed by atoms with Crippen molar-refractivity contribution in [2.45, 2.75) is 20.1 Å². The second-order valence-electron chi connectivity index (χ2n) is 2.49. The first-order valence-corrected chi connectivity index (χ1v) is 4.48. The third kappa shape index (κ3) is 6.92. The molecule has 0 aromatic rings. The maximum atomic E-state index is 5.31. The Morgan fingerprint density at radius 1 is 1.38 bits per heavy atom. The monoisotopic (exact) mass is 192 g/mol. The van der Waals surface area contributed by atoms with Gasteiger partial charge in [0.2, 0.25) is 0 Å². The number of hydroxylamine groups is 3. The molecule has 5 heteroatoms. The summed E-state index contributed by atoms with van der Waals surface area (Å²) in [6, 6.07) is 0. The first-order valence-electron chi connectivity index (χ1n) is 4.48. The standard InChI is InChI=1S/C8H20N2O3/c1-5-11-8(2)10(4)13-7-6-12-9-3/h8-9H,5-7H2,1-4H3. The van der Waals surface area contributed by atoms with Crippen LogP contribution >= 0.6 is 0 Å². The number of hydrogen-bond acceptors (Lipinski definition) is 5. The van der Waals surface area contributed by atoms with Crippen LogP contribution < -0.4 is 5.48 Å². The molecule has 0 aliphatic carbocycles. The minimum Gasteiger partial charge on any atom is -0.362 e. The molecule has 0 aromatic carbocycles. The topological polar surface area (TPSA) is 43.0 Å². The van der Waals surface area contributed by atoms with Gasteiger partial charge in [0, 0.05) is 20.7 Å². The fourth-order valence-electron chi connectivity index (χ4n) is 0.776. The summed E-state index contributed by atoms with van der Waals surface area (Å²) >= 11 is 0. The molecule has 0 rings (SSSR count). The maximum absolute atomic E-state index is 5.31. The Bertz CT molecular complexity index is 114. The lowest BCUT2D eigenvalue weighted by Crippen LogP contribution is -2.33. The van der Waals surface area contributed by atoms with E-state index in [0.717, 1.165) is 0 Å². The van der Waals surface area contributed by atoms with Crippen molar-refractivity contribution < 1.29 is 14.4 Å². The van der Waals surface area contributed by atoms with Gasteiger partial charge >= 0.3 is 0 Å². The van der Waals surface area contributed by atoms with Gasteiger partial charge in [0.25, 0.3) is 0 Å². The van der Waals surface area contributed by atoms with Gasteiger partial charge in [0.15, 0.2) is 0 Å². The predicted octanol–water partition coefficient (Wildman–Crippen LogP) is 0.383. The zero-order chi connectivity index (χ0) is 10.1. The Morgan fingerprint density at radius 3 is 2.62 bits per heavy atom. The second kappa shape index (κ2) is 8.40. The maximum Gasteiger partial charge on any atom is 0.129 e. The molecule has 0 saturated heterocycles. The van der Waals surface area contributed by atoms with E-state index in [1.807, 2.05) is 20.9 Å². The number of rotatable bonds is 8. The third-order valence-corrected chi connectivity index (χ3v) is 1.54. The first kappa shape index (κ1) is 12.8. The van der Waals surface area contributed by atoms with Crippen LogP contribution in [0.15, 0.2) is 0 Å². The summed E-state index contributed by atoms with van der Waals surface area (Å²) in [4.78, 5) is 10.2. The highest BCUT2D eigenvalue weighted by atomic mass is 16.7. The summed E-state index contributed by atoms with van der Waals surface area (Å²) in [5.41, 5.74) is 2.57. The largest absolute Gasteiger partial charge is 0.362 e. The predicted molar refractivity (Wildman–Crippen MR) is 49.8 cm³/mol. The molecule has 0 amide bonds. The van der Waals surface area contributed by atoms with Gasteiger partial charge in [0.1, 0.15) is 6.23 Å². The molecule has 80 valence electrons. The molecule has 0 aliphatic heterocycles. The summed E-state index contributed by atoms with van der Waals surface area (Å²) in [5.74, 6) is 0. The Morgan fingerprint density at radius 2 is 2.08 bits per heavy atom. The van der Waals surface area contributed by atoms with Gasteiger partial charge in [-0.25, -0.2) is 5.48 Å². The van der Waals surface area contributed by atoms with E-state index in [4.69, 9.17) is 14.4 Å². The normalized spacial score (nSPS) is 13.6. The van der Waals surface area contributed by atoms with E-state index in [0.29, 0.717) is 19.8 Å². The Hall–Kier alpha value is -0.200. The van der Waals surface area contributed by atoms with Crippen molar-refractivity contribution in [3.05, 3.63) is 0 Å². The lowest BCUT2D eigenvalue weighted by atomic mass is 10.6. The molecule has 1 unspecified atom stereocenters. The Kier molecular flexibility index (Phi) is 8.27. The van der Waals surface area contributed by atoms with Crippen LogP contribution in [0.2, 0.25) is 0 Å². The highest BCUT2D eigenvalue weighted by Crippen LogP contribution is 1.97. The second-order valence-corrected chi connectivity index (χ2v) is 2.49. The quantitative estimate of drug-likeness (QED) is 0.342. The molecule has 13 heavy (non-hydrogen) atoms. The van der Waals surface area contributed by atoms with Crippen LogP contribution in [0.4, 0.5) is 0 Å². The molecule has 0 aliphatic rings. The van der Waals surface area contributed by atoms with E-state index < -0.39 is 0 Å². The van der Waals surface area contributed by atoms with E-state index in [2.05, 4.69) is 5.48 Å². The molecule has 0 saturated carbocycles. The summed E-state index contributed by atoms with van der Waals surface area (Å²) in [6.07, 6.45) is -0.0282. The van der Waals surface area contributed by atoms with E-state index in [9.17, 15) is 0 Å². The van der Waals surface area contributed by atoms with E-state index in [1.165, 1.54) is 0 Å². The van der Waals surface area contributed by atoms with Gasteiger partial charge in [-0.05, 0) is 13.8 Å². The molecular formula is C8H20N2O3. The van der Waals surface area contributed by atoms with Crippen LogP contribution in [0.25, 0.3) is 0 Å². The van der Waals surface area contributed by atoms with Crippen molar-refractivity contribution in [2.75, 3.05) is 33.9 Å². The van der Waals surface area contributed by atoms with Crippen LogP contribution in [0.3, 0.4) is 0 Å². The van der Waals surface area contributed by atoms with Crippen molar-refractivity contribution in [1.29, 1.82) is 0 Å². The van der Waals surface area contributed by atoms with E-state index in [-0.39, 0.29) is 6.23 Å². The van der Waals surface area contributed by atoms with Crippen LogP contribution in [0.5, 0.6) is 0 Å². The molecular weight excluding hydrogens is 172 g/mol. The van der Waals surface area contributed by atoms with Gasteiger partial charge in [-0.3, -0.25) is 9.68 Å². The molecule has 1 atom stereocenters. The molecule has 5 nitrogen and oxygen atoms in total. The highest BCUT2D eigenvalue weighted by molar-refractivity contribution is 4.38. The highest BCUT2D eigenvalue weighted by Gasteiger charge is 2.07. The summed E-state index contributed by atoms with van der Waals surface area (Å²) in [6.45, 7) is 5.59. The average molecular weight is 192 g/mol. The molecule has 0 aromatic heterocycles.